The summed E-state index contributed by atoms with van der Waals surface area (Å²) in [4.78, 5) is 34.4. The number of hydrogen-bond acceptors (Lipinski definition) is 5. The van der Waals surface area contributed by atoms with Gasteiger partial charge >= 0.3 is 0 Å². The summed E-state index contributed by atoms with van der Waals surface area (Å²) in [7, 11) is 0. The van der Waals surface area contributed by atoms with Crippen LogP contribution < -0.4 is 28.5 Å². The third-order valence-electron chi connectivity index (χ3n) is 3.75. The Bertz CT molecular complexity index is 1110. The van der Waals surface area contributed by atoms with Crippen LogP contribution in [0.1, 0.15) is 27.9 Å². The van der Waals surface area contributed by atoms with Crippen LogP contribution in [0.2, 0.25) is 0 Å². The molecule has 35 heavy (non-hydrogen) atoms. The van der Waals surface area contributed by atoms with Crippen molar-refractivity contribution in [2.75, 3.05) is 0 Å². The fourth-order valence-electron chi connectivity index (χ4n) is 2.27. The van der Waals surface area contributed by atoms with Crippen LogP contribution in [0, 0.1) is 0 Å². The molecular weight excluding hydrogens is 917 g/mol. The highest BCUT2D eigenvalue weighted by Crippen LogP contribution is 2.07. The second-order valence-electron chi connectivity index (χ2n) is 6.24. The van der Waals surface area contributed by atoms with Gasteiger partial charge in [0.25, 0.3) is 0 Å². The monoisotopic (exact) mass is 936 g/mol. The smallest absolute Gasteiger partial charge is 0.245 e. The molecule has 0 saturated carbocycles. The second kappa shape index (κ2) is 21.2. The van der Waals surface area contributed by atoms with Crippen molar-refractivity contribution in [1.82, 2.24) is 15.0 Å². The predicted molar refractivity (Wildman–Crippen MR) is 157 cm³/mol. The first kappa shape index (κ1) is 34.1. The van der Waals surface area contributed by atoms with Gasteiger partial charge in [0.05, 0.1) is 0 Å². The van der Waals surface area contributed by atoms with Crippen LogP contribution in [-0.4, -0.2) is 26.5 Å². The Morgan fingerprint density at radius 3 is 1.66 bits per heavy atom. The van der Waals surface area contributed by atoms with E-state index in [0.717, 1.165) is 0 Å². The van der Waals surface area contributed by atoms with Crippen molar-refractivity contribution in [1.29, 1.82) is 0 Å². The molecule has 0 aromatic carbocycles. The minimum atomic E-state index is -0.0127. The molecule has 4 aromatic heterocycles. The van der Waals surface area contributed by atoms with E-state index >= 15 is 0 Å². The number of rotatable bonds is 4. The second-order valence-corrected chi connectivity index (χ2v) is 7.87. The Labute approximate surface area is 262 Å². The highest BCUT2D eigenvalue weighted by atomic mass is 128. The van der Waals surface area contributed by atoms with Gasteiger partial charge in [0, 0.05) is 68.7 Å². The first-order valence-corrected chi connectivity index (χ1v) is 17.6. The molecular formula is C24H21Br2I3N4O2. The molecule has 0 spiro atoms. The van der Waals surface area contributed by atoms with Gasteiger partial charge in [-0.1, -0.05) is 24.3 Å². The van der Waals surface area contributed by atoms with Crippen molar-refractivity contribution >= 4 is 80.7 Å². The average molecular weight is 938 g/mol. The number of pyridine rings is 4. The van der Waals surface area contributed by atoms with Crippen molar-refractivity contribution < 1.29 is 38.1 Å². The number of hydrogen-bond donors (Lipinski definition) is 0. The van der Waals surface area contributed by atoms with Gasteiger partial charge in [-0.2, -0.15) is 4.57 Å². The van der Waals surface area contributed by atoms with Crippen molar-refractivity contribution in [3.05, 3.63) is 118 Å². The van der Waals surface area contributed by atoms with E-state index in [1.54, 1.807) is 48.8 Å². The lowest BCUT2D eigenvalue weighted by Crippen LogP contribution is -3.00. The third-order valence-corrected chi connectivity index (χ3v) is 4.63. The van der Waals surface area contributed by atoms with Gasteiger partial charge in [0.1, 0.15) is 20.6 Å². The molecule has 0 amide bonds. The number of nitrogens with zero attached hydrogens (tertiary/aromatic N) is 4. The summed E-state index contributed by atoms with van der Waals surface area (Å²) >= 11 is 10.7. The van der Waals surface area contributed by atoms with Crippen LogP contribution in [0.5, 0.6) is 0 Å². The molecule has 6 nitrogen and oxygen atoms in total. The fourth-order valence-corrected chi connectivity index (χ4v) is 2.95. The molecule has 11 heteroatoms. The molecule has 0 atom stereocenters. The molecule has 0 radical (unpaired) electrons. The first-order chi connectivity index (χ1) is 16.5. The minimum absolute atomic E-state index is 0. The molecule has 184 valence electrons. The number of ketones is 2. The molecule has 0 bridgehead atoms. The molecule has 0 N–H and O–H groups in total. The molecule has 0 unspecified atom stereocenters. The van der Waals surface area contributed by atoms with Crippen molar-refractivity contribution in [3.63, 3.8) is 0 Å². The van der Waals surface area contributed by atoms with Gasteiger partial charge in [0.2, 0.25) is 12.3 Å². The number of carbonyl (C=O) groups excluding carboxylic acids is 2. The Morgan fingerprint density at radius 2 is 1.26 bits per heavy atom. The van der Waals surface area contributed by atoms with Crippen LogP contribution in [0.4, 0.5) is 0 Å². The molecule has 4 aromatic rings. The fraction of sp³-hybridized carbons (Fsp3) is 0.0833. The van der Waals surface area contributed by atoms with Gasteiger partial charge in [-0.15, -0.1) is 0 Å². The Balaban J connectivity index is 0.000000521. The van der Waals surface area contributed by atoms with E-state index in [9.17, 15) is 9.59 Å². The highest BCUT2D eigenvalue weighted by Gasteiger charge is 2.12. The van der Waals surface area contributed by atoms with Crippen LogP contribution in [-0.2, 0) is 6.54 Å². The quantitative estimate of drug-likeness (QED) is 0.135. The number of halogens is 5. The maximum atomic E-state index is 11.9. The Kier molecular flexibility index (Phi) is 20.7. The van der Waals surface area contributed by atoms with Crippen molar-refractivity contribution in [2.45, 2.75) is 13.5 Å². The maximum absolute atomic E-state index is 11.9. The highest BCUT2D eigenvalue weighted by molar-refractivity contribution is 15.0. The number of aromatic nitrogens is 4. The van der Waals surface area contributed by atoms with E-state index in [1.165, 1.54) is 6.92 Å². The van der Waals surface area contributed by atoms with Crippen molar-refractivity contribution in [2.24, 2.45) is 0 Å². The number of Topliss-reactive ketones (excluding diaryl/α,β-unsaturated/α-hetero) is 2. The lowest BCUT2D eigenvalue weighted by atomic mass is 10.2. The minimum Gasteiger partial charge on any atom is -1.00 e. The molecule has 0 fully saturated rings. The van der Waals surface area contributed by atoms with Crippen LogP contribution in [0.15, 0.2) is 107 Å². The van der Waals surface area contributed by atoms with Crippen LogP contribution in [0.25, 0.3) is 0 Å². The number of carbonyl (C=O) groups is 2. The zero-order valence-electron chi connectivity index (χ0n) is 18.4. The third kappa shape index (κ3) is 15.7. The van der Waals surface area contributed by atoms with Gasteiger partial charge in [0.15, 0.2) is 18.2 Å². The Morgan fingerprint density at radius 1 is 0.771 bits per heavy atom. The zero-order valence-corrected chi connectivity index (χ0v) is 28.1. The van der Waals surface area contributed by atoms with Crippen LogP contribution in [0.3, 0.4) is 0 Å². The van der Waals surface area contributed by atoms with E-state index < -0.39 is 0 Å². The van der Waals surface area contributed by atoms with Gasteiger partial charge in [-0.05, 0) is 68.3 Å². The topological polar surface area (TPSA) is 76.7 Å². The van der Waals surface area contributed by atoms with Gasteiger partial charge in [-0.3, -0.25) is 14.6 Å². The lowest BCUT2D eigenvalue weighted by Gasteiger charge is -1.97. The summed E-state index contributed by atoms with van der Waals surface area (Å²) in [5, 5.41) is 0. The van der Waals surface area contributed by atoms with Crippen molar-refractivity contribution in [3.8, 4) is 0 Å². The Hall–Kier alpha value is -0.910. The van der Waals surface area contributed by atoms with E-state index in [1.807, 2.05) is 53.4 Å². The lowest BCUT2D eigenvalue weighted by molar-refractivity contribution is -0.683. The normalized spacial score (nSPS) is 8.83. The molecule has 0 saturated heterocycles. The first-order valence-electron chi connectivity index (χ1n) is 9.68. The molecule has 4 heterocycles. The molecule has 0 aliphatic heterocycles. The molecule has 0 aliphatic rings. The summed E-state index contributed by atoms with van der Waals surface area (Å²) in [5.74, 6) is -0.0150. The van der Waals surface area contributed by atoms with E-state index in [-0.39, 0.29) is 35.5 Å². The van der Waals surface area contributed by atoms with Gasteiger partial charge in [-0.25, -0.2) is 9.97 Å². The summed E-state index contributed by atoms with van der Waals surface area (Å²) in [6, 6.07) is 22.0. The van der Waals surface area contributed by atoms with E-state index in [2.05, 4.69) is 84.0 Å². The summed E-state index contributed by atoms with van der Waals surface area (Å²) in [6.07, 6.45) is 7.21. The summed E-state index contributed by atoms with van der Waals surface area (Å²) in [5.41, 5.74) is 0.972. The zero-order chi connectivity index (χ0) is 25.2. The summed E-state index contributed by atoms with van der Waals surface area (Å²) < 4.78 is 3.20. The predicted octanol–water partition coefficient (Wildman–Crippen LogP) is 3.92. The van der Waals surface area contributed by atoms with E-state index in [4.69, 9.17) is 0 Å². The SMILES string of the molecule is CC(=O)c1cccc(Br)n1.II.O=C(C[n+]1ccccc1)c1cccc(Br)n1.[I-].c1ccncc1. The standard InChI is InChI=1S/C12H10BrN2O.C7H6BrNO.C5H5N.I2.HI/c13-12-6-4-5-10(14-12)11(16)9-15-7-2-1-3-8-15;1-5(10)6-3-2-4-7(8)9-6;1-2-4-6-5-3-1;1-2;/h1-8H,9H2;2-4H,1H3;1-5H;;1H/q+1;;;;/p-1. The average Bonchev–Trinajstić information content (AvgIpc) is 2.88. The molecule has 4 rings (SSSR count). The summed E-state index contributed by atoms with van der Waals surface area (Å²) in [6.45, 7) is 1.80. The largest absolute Gasteiger partial charge is 1.00 e. The molecule has 0 aliphatic carbocycles. The van der Waals surface area contributed by atoms with Gasteiger partial charge < -0.3 is 24.0 Å². The van der Waals surface area contributed by atoms with E-state index in [0.29, 0.717) is 27.1 Å². The van der Waals surface area contributed by atoms with Crippen LogP contribution >= 0.6 is 69.1 Å². The maximum Gasteiger partial charge on any atom is 0.245 e.